The molecular formula is C12H15NO. The van der Waals surface area contributed by atoms with Crippen LogP contribution in [0, 0.1) is 5.92 Å². The predicted molar refractivity (Wildman–Crippen MR) is 54.9 cm³/mol. The summed E-state index contributed by atoms with van der Waals surface area (Å²) in [5.41, 5.74) is 1.29. The van der Waals surface area contributed by atoms with Crippen LogP contribution >= 0.6 is 0 Å². The molecule has 1 fully saturated rings. The van der Waals surface area contributed by atoms with Crippen molar-refractivity contribution in [2.24, 2.45) is 5.92 Å². The standard InChI is InChI=1S/C12H15NO/c14-12-3-1-2-11(12)5-4-10-6-8-13-9-7-10/h6-9,11H,1-5H2. The summed E-state index contributed by atoms with van der Waals surface area (Å²) < 4.78 is 0. The summed E-state index contributed by atoms with van der Waals surface area (Å²) in [5.74, 6) is 0.808. The van der Waals surface area contributed by atoms with Crippen molar-refractivity contribution in [1.29, 1.82) is 0 Å². The molecule has 14 heavy (non-hydrogen) atoms. The van der Waals surface area contributed by atoms with E-state index >= 15 is 0 Å². The van der Waals surface area contributed by atoms with E-state index in [2.05, 4.69) is 4.98 Å². The number of aromatic nitrogens is 1. The van der Waals surface area contributed by atoms with Crippen molar-refractivity contribution in [3.8, 4) is 0 Å². The zero-order valence-corrected chi connectivity index (χ0v) is 8.28. The number of pyridine rings is 1. The van der Waals surface area contributed by atoms with E-state index < -0.39 is 0 Å². The highest BCUT2D eigenvalue weighted by atomic mass is 16.1. The Kier molecular flexibility index (Phi) is 2.92. The molecule has 0 saturated heterocycles. The number of Topliss-reactive ketones (excluding diaryl/α,β-unsaturated/α-hetero) is 1. The molecule has 0 bridgehead atoms. The van der Waals surface area contributed by atoms with E-state index in [1.54, 1.807) is 0 Å². The Morgan fingerprint density at radius 2 is 2.14 bits per heavy atom. The van der Waals surface area contributed by atoms with Gasteiger partial charge in [0.05, 0.1) is 0 Å². The third-order valence-electron chi connectivity index (χ3n) is 2.96. The number of nitrogens with zero attached hydrogens (tertiary/aromatic N) is 1. The maximum atomic E-state index is 11.4. The molecule has 0 amide bonds. The summed E-state index contributed by atoms with van der Waals surface area (Å²) in [4.78, 5) is 15.4. The lowest BCUT2D eigenvalue weighted by Crippen LogP contribution is -2.07. The van der Waals surface area contributed by atoms with Gasteiger partial charge >= 0.3 is 0 Å². The van der Waals surface area contributed by atoms with E-state index in [0.29, 0.717) is 11.7 Å². The van der Waals surface area contributed by atoms with Crippen LogP contribution in [-0.4, -0.2) is 10.8 Å². The minimum atomic E-state index is 0.336. The summed E-state index contributed by atoms with van der Waals surface area (Å²) in [6.45, 7) is 0. The Morgan fingerprint density at radius 3 is 2.79 bits per heavy atom. The molecule has 0 N–H and O–H groups in total. The van der Waals surface area contributed by atoms with Crippen LogP contribution in [0.2, 0.25) is 0 Å². The van der Waals surface area contributed by atoms with E-state index in [-0.39, 0.29) is 0 Å². The molecule has 0 aliphatic heterocycles. The minimum Gasteiger partial charge on any atom is -0.299 e. The molecule has 2 nitrogen and oxygen atoms in total. The number of hydrogen-bond acceptors (Lipinski definition) is 2. The van der Waals surface area contributed by atoms with E-state index in [4.69, 9.17) is 0 Å². The van der Waals surface area contributed by atoms with Gasteiger partial charge in [0, 0.05) is 24.7 Å². The van der Waals surface area contributed by atoms with Crippen LogP contribution < -0.4 is 0 Å². The van der Waals surface area contributed by atoms with E-state index in [1.165, 1.54) is 5.56 Å². The molecule has 1 heterocycles. The Morgan fingerprint density at radius 1 is 1.36 bits per heavy atom. The van der Waals surface area contributed by atoms with Crippen LogP contribution in [0.1, 0.15) is 31.2 Å². The van der Waals surface area contributed by atoms with Crippen molar-refractivity contribution in [2.45, 2.75) is 32.1 Å². The zero-order chi connectivity index (χ0) is 9.80. The molecule has 1 aromatic rings. The molecule has 1 saturated carbocycles. The topological polar surface area (TPSA) is 30.0 Å². The normalized spacial score (nSPS) is 21.4. The molecule has 1 aliphatic rings. The first kappa shape index (κ1) is 9.38. The minimum absolute atomic E-state index is 0.336. The van der Waals surface area contributed by atoms with Gasteiger partial charge in [-0.3, -0.25) is 9.78 Å². The number of ketones is 1. The largest absolute Gasteiger partial charge is 0.299 e. The van der Waals surface area contributed by atoms with Gasteiger partial charge in [-0.1, -0.05) is 0 Å². The van der Waals surface area contributed by atoms with Crippen LogP contribution in [-0.2, 0) is 11.2 Å². The third-order valence-corrected chi connectivity index (χ3v) is 2.96. The second kappa shape index (κ2) is 4.36. The fourth-order valence-corrected chi connectivity index (χ4v) is 2.08. The first-order valence-electron chi connectivity index (χ1n) is 5.28. The monoisotopic (exact) mass is 189 g/mol. The average molecular weight is 189 g/mol. The van der Waals surface area contributed by atoms with Gasteiger partial charge in [0.15, 0.2) is 0 Å². The SMILES string of the molecule is O=C1CCCC1CCc1ccncc1. The van der Waals surface area contributed by atoms with Gasteiger partial charge in [-0.2, -0.15) is 0 Å². The maximum Gasteiger partial charge on any atom is 0.135 e. The van der Waals surface area contributed by atoms with Crippen LogP contribution in [0.15, 0.2) is 24.5 Å². The molecule has 0 spiro atoms. The van der Waals surface area contributed by atoms with Crippen molar-refractivity contribution >= 4 is 5.78 Å². The quantitative estimate of drug-likeness (QED) is 0.730. The van der Waals surface area contributed by atoms with Crippen LogP contribution in [0.4, 0.5) is 0 Å². The maximum absolute atomic E-state index is 11.4. The summed E-state index contributed by atoms with van der Waals surface area (Å²) in [5, 5.41) is 0. The molecule has 2 heteroatoms. The molecule has 1 aliphatic carbocycles. The molecule has 1 unspecified atom stereocenters. The third kappa shape index (κ3) is 2.19. The number of hydrogen-bond donors (Lipinski definition) is 0. The average Bonchev–Trinajstić information content (AvgIpc) is 2.63. The second-order valence-corrected chi connectivity index (χ2v) is 3.95. The number of carbonyl (C=O) groups is 1. The first-order valence-corrected chi connectivity index (χ1v) is 5.28. The van der Waals surface area contributed by atoms with Crippen molar-refractivity contribution in [2.75, 3.05) is 0 Å². The summed E-state index contributed by atoms with van der Waals surface area (Å²) >= 11 is 0. The molecule has 1 atom stereocenters. The zero-order valence-electron chi connectivity index (χ0n) is 8.28. The molecule has 0 radical (unpaired) electrons. The molecule has 0 aromatic carbocycles. The Labute approximate surface area is 84.4 Å². The molecule has 74 valence electrons. The fraction of sp³-hybridized carbons (Fsp3) is 0.500. The summed E-state index contributed by atoms with van der Waals surface area (Å²) in [7, 11) is 0. The first-order chi connectivity index (χ1) is 6.86. The van der Waals surface area contributed by atoms with E-state index in [0.717, 1.165) is 32.1 Å². The fourth-order valence-electron chi connectivity index (χ4n) is 2.08. The van der Waals surface area contributed by atoms with Gasteiger partial charge in [0.1, 0.15) is 5.78 Å². The lowest BCUT2D eigenvalue weighted by Gasteiger charge is -2.06. The Balaban J connectivity index is 1.85. The predicted octanol–water partition coefficient (Wildman–Crippen LogP) is 2.38. The highest BCUT2D eigenvalue weighted by molar-refractivity contribution is 5.82. The molecular weight excluding hydrogens is 174 g/mol. The van der Waals surface area contributed by atoms with Crippen molar-refractivity contribution in [1.82, 2.24) is 4.98 Å². The molecule has 1 aromatic heterocycles. The van der Waals surface area contributed by atoms with Crippen LogP contribution in [0.25, 0.3) is 0 Å². The summed E-state index contributed by atoms with van der Waals surface area (Å²) in [6, 6.07) is 4.05. The van der Waals surface area contributed by atoms with Gasteiger partial charge in [-0.15, -0.1) is 0 Å². The van der Waals surface area contributed by atoms with Gasteiger partial charge in [-0.25, -0.2) is 0 Å². The van der Waals surface area contributed by atoms with Crippen LogP contribution in [0.5, 0.6) is 0 Å². The lowest BCUT2D eigenvalue weighted by molar-refractivity contribution is -0.120. The number of rotatable bonds is 3. The van der Waals surface area contributed by atoms with E-state index in [1.807, 2.05) is 24.5 Å². The van der Waals surface area contributed by atoms with Gasteiger partial charge in [0.2, 0.25) is 0 Å². The smallest absolute Gasteiger partial charge is 0.135 e. The lowest BCUT2D eigenvalue weighted by atomic mass is 9.98. The second-order valence-electron chi connectivity index (χ2n) is 3.95. The Bertz CT molecular complexity index is 307. The van der Waals surface area contributed by atoms with Crippen molar-refractivity contribution in [3.63, 3.8) is 0 Å². The Hall–Kier alpha value is -1.18. The highest BCUT2D eigenvalue weighted by Crippen LogP contribution is 2.25. The van der Waals surface area contributed by atoms with Crippen LogP contribution in [0.3, 0.4) is 0 Å². The molecule has 2 rings (SSSR count). The summed E-state index contributed by atoms with van der Waals surface area (Å²) in [6.07, 6.45) is 8.66. The van der Waals surface area contributed by atoms with Crippen molar-refractivity contribution in [3.05, 3.63) is 30.1 Å². The number of carbonyl (C=O) groups excluding carboxylic acids is 1. The highest BCUT2D eigenvalue weighted by Gasteiger charge is 2.23. The number of aryl methyl sites for hydroxylation is 1. The van der Waals surface area contributed by atoms with Gasteiger partial charge in [-0.05, 0) is 43.4 Å². The van der Waals surface area contributed by atoms with Gasteiger partial charge < -0.3 is 0 Å². The van der Waals surface area contributed by atoms with E-state index in [9.17, 15) is 4.79 Å². The van der Waals surface area contributed by atoms with Gasteiger partial charge in [0.25, 0.3) is 0 Å². The van der Waals surface area contributed by atoms with Crippen molar-refractivity contribution < 1.29 is 4.79 Å².